The molecule has 0 bridgehead atoms. The Kier molecular flexibility index (Phi) is 5.05. The molecule has 0 unspecified atom stereocenters. The number of carbonyl (C=O) groups excluding carboxylic acids is 1. The Morgan fingerprint density at radius 2 is 1.92 bits per heavy atom. The normalized spacial score (nSPS) is 15.3. The van der Waals surface area contributed by atoms with Crippen LogP contribution in [0.5, 0.6) is 0 Å². The van der Waals surface area contributed by atoms with Gasteiger partial charge in [-0.2, -0.15) is 5.10 Å². The van der Waals surface area contributed by atoms with E-state index in [1.165, 1.54) is 0 Å². The Bertz CT molecular complexity index is 838. The van der Waals surface area contributed by atoms with E-state index in [-0.39, 0.29) is 18.7 Å². The van der Waals surface area contributed by atoms with Crippen molar-refractivity contribution in [2.45, 2.75) is 51.5 Å². The molecule has 1 aromatic heterocycles. The number of nitrogens with zero attached hydrogens (tertiary/aromatic N) is 2. The molecule has 1 saturated carbocycles. The predicted molar refractivity (Wildman–Crippen MR) is 98.7 cm³/mol. The molecule has 0 radical (unpaired) electrons. The first-order chi connectivity index (χ1) is 12.3. The van der Waals surface area contributed by atoms with Crippen LogP contribution >= 0.6 is 11.6 Å². The first kappa shape index (κ1) is 18.5. The lowest BCUT2D eigenvalue weighted by atomic mass is 9.74. The third-order valence-corrected chi connectivity index (χ3v) is 5.31. The Morgan fingerprint density at radius 1 is 1.27 bits per heavy atom. The van der Waals surface area contributed by atoms with Crippen molar-refractivity contribution in [1.82, 2.24) is 15.1 Å². The number of halogens is 1. The van der Waals surface area contributed by atoms with Crippen molar-refractivity contribution in [3.63, 3.8) is 0 Å². The number of aliphatic carboxylic acids is 1. The molecule has 2 N–H and O–H groups in total. The van der Waals surface area contributed by atoms with Crippen molar-refractivity contribution in [3.8, 4) is 5.69 Å². The molecule has 2 aromatic rings. The molecule has 26 heavy (non-hydrogen) atoms. The number of hydrogen-bond donors (Lipinski definition) is 2. The average Bonchev–Trinajstić information content (AvgIpc) is 2.81. The van der Waals surface area contributed by atoms with Gasteiger partial charge in [-0.3, -0.25) is 9.59 Å². The van der Waals surface area contributed by atoms with Crippen LogP contribution in [0, 0.1) is 13.8 Å². The number of nitrogens with one attached hydrogen (secondary N) is 1. The maximum Gasteiger partial charge on any atom is 0.305 e. The number of hydrogen-bond acceptors (Lipinski definition) is 3. The van der Waals surface area contributed by atoms with E-state index in [1.54, 1.807) is 16.8 Å². The zero-order valence-corrected chi connectivity index (χ0v) is 15.6. The van der Waals surface area contributed by atoms with Crippen LogP contribution in [-0.2, 0) is 16.0 Å². The summed E-state index contributed by atoms with van der Waals surface area (Å²) in [6.07, 6.45) is 2.54. The molecule has 138 valence electrons. The second kappa shape index (κ2) is 7.11. The second-order valence-electron chi connectivity index (χ2n) is 6.97. The number of benzene rings is 1. The summed E-state index contributed by atoms with van der Waals surface area (Å²) in [6.45, 7) is 3.80. The van der Waals surface area contributed by atoms with Gasteiger partial charge in [0.2, 0.25) is 5.91 Å². The Morgan fingerprint density at radius 3 is 2.46 bits per heavy atom. The van der Waals surface area contributed by atoms with Gasteiger partial charge in [0.05, 0.1) is 29.8 Å². The van der Waals surface area contributed by atoms with Crippen LogP contribution in [0.2, 0.25) is 5.02 Å². The van der Waals surface area contributed by atoms with Crippen LogP contribution in [-0.4, -0.2) is 32.3 Å². The van der Waals surface area contributed by atoms with E-state index in [1.807, 2.05) is 26.0 Å². The van der Waals surface area contributed by atoms with Gasteiger partial charge < -0.3 is 10.4 Å². The van der Waals surface area contributed by atoms with Crippen LogP contribution in [0.25, 0.3) is 5.69 Å². The van der Waals surface area contributed by atoms with Gasteiger partial charge in [-0.25, -0.2) is 4.68 Å². The van der Waals surface area contributed by atoms with Crippen LogP contribution in [0.4, 0.5) is 0 Å². The van der Waals surface area contributed by atoms with Crippen molar-refractivity contribution in [1.29, 1.82) is 0 Å². The fourth-order valence-electron chi connectivity index (χ4n) is 3.50. The maximum absolute atomic E-state index is 12.5. The summed E-state index contributed by atoms with van der Waals surface area (Å²) in [6, 6.07) is 7.35. The number of aryl methyl sites for hydroxylation is 1. The maximum atomic E-state index is 12.5. The summed E-state index contributed by atoms with van der Waals surface area (Å²) >= 11 is 5.94. The van der Waals surface area contributed by atoms with Gasteiger partial charge in [-0.05, 0) is 57.4 Å². The molecule has 3 rings (SSSR count). The summed E-state index contributed by atoms with van der Waals surface area (Å²) in [4.78, 5) is 23.6. The summed E-state index contributed by atoms with van der Waals surface area (Å²) in [5, 5.41) is 17.2. The highest BCUT2D eigenvalue weighted by Gasteiger charge is 2.40. The Labute approximate surface area is 157 Å². The van der Waals surface area contributed by atoms with E-state index in [9.17, 15) is 9.59 Å². The summed E-state index contributed by atoms with van der Waals surface area (Å²) in [5.74, 6) is -1.04. The van der Waals surface area contributed by atoms with E-state index >= 15 is 0 Å². The molecule has 1 aliphatic rings. The molecule has 1 aromatic carbocycles. The van der Waals surface area contributed by atoms with E-state index in [0.717, 1.165) is 29.1 Å². The molecule has 1 fully saturated rings. The smallest absolute Gasteiger partial charge is 0.305 e. The molecular formula is C19H22ClN3O3. The molecule has 6 nitrogen and oxygen atoms in total. The standard InChI is InChI=1S/C19H22ClN3O3/c1-12-16(10-17(24)21-19(8-3-9-19)11-18(25)26)13(2)23(22-12)15-6-4-14(20)5-7-15/h4-7H,3,8-11H2,1-2H3,(H,21,24)(H,25,26). The molecule has 1 heterocycles. The largest absolute Gasteiger partial charge is 0.481 e. The highest BCUT2D eigenvalue weighted by Crippen LogP contribution is 2.35. The SMILES string of the molecule is Cc1nn(-c2ccc(Cl)cc2)c(C)c1CC(=O)NC1(CC(=O)O)CCC1. The lowest BCUT2D eigenvalue weighted by molar-refractivity contribution is -0.140. The molecule has 0 spiro atoms. The third-order valence-electron chi connectivity index (χ3n) is 5.05. The molecule has 0 atom stereocenters. The van der Waals surface area contributed by atoms with Gasteiger partial charge in [0, 0.05) is 16.3 Å². The van der Waals surface area contributed by atoms with E-state index < -0.39 is 11.5 Å². The number of carboxylic acids is 1. The number of amides is 1. The average molecular weight is 376 g/mol. The fraction of sp³-hybridized carbons (Fsp3) is 0.421. The third kappa shape index (κ3) is 3.75. The second-order valence-corrected chi connectivity index (χ2v) is 7.40. The first-order valence-corrected chi connectivity index (χ1v) is 9.01. The zero-order valence-electron chi connectivity index (χ0n) is 14.9. The monoisotopic (exact) mass is 375 g/mol. The van der Waals surface area contributed by atoms with E-state index in [4.69, 9.17) is 16.7 Å². The molecule has 0 saturated heterocycles. The summed E-state index contributed by atoms with van der Waals surface area (Å²) in [7, 11) is 0. The number of carbonyl (C=O) groups is 2. The van der Waals surface area contributed by atoms with Gasteiger partial charge in [0.25, 0.3) is 0 Å². The lowest BCUT2D eigenvalue weighted by Crippen LogP contribution is -2.55. The topological polar surface area (TPSA) is 84.2 Å². The lowest BCUT2D eigenvalue weighted by Gasteiger charge is -2.41. The highest BCUT2D eigenvalue weighted by atomic mass is 35.5. The molecule has 1 amide bonds. The van der Waals surface area contributed by atoms with Crippen LogP contribution in [0.3, 0.4) is 0 Å². The minimum absolute atomic E-state index is 0.0270. The van der Waals surface area contributed by atoms with Crippen molar-refractivity contribution in [2.75, 3.05) is 0 Å². The molecular weight excluding hydrogens is 354 g/mol. The number of rotatable bonds is 6. The molecule has 1 aliphatic carbocycles. The Hall–Kier alpha value is -2.34. The van der Waals surface area contributed by atoms with E-state index in [2.05, 4.69) is 10.4 Å². The molecule has 0 aliphatic heterocycles. The fourth-order valence-corrected chi connectivity index (χ4v) is 3.63. The number of carboxylic acid groups (broad SMARTS) is 1. The Balaban J connectivity index is 1.76. The minimum atomic E-state index is -0.882. The van der Waals surface area contributed by atoms with E-state index in [0.29, 0.717) is 17.9 Å². The van der Waals surface area contributed by atoms with Crippen molar-refractivity contribution < 1.29 is 14.7 Å². The quantitative estimate of drug-likeness (QED) is 0.812. The van der Waals surface area contributed by atoms with Gasteiger partial charge in [0.1, 0.15) is 0 Å². The van der Waals surface area contributed by atoms with Gasteiger partial charge >= 0.3 is 5.97 Å². The first-order valence-electron chi connectivity index (χ1n) is 8.63. The van der Waals surface area contributed by atoms with Crippen molar-refractivity contribution in [3.05, 3.63) is 46.2 Å². The summed E-state index contributed by atoms with van der Waals surface area (Å²) in [5.41, 5.74) is 2.83. The zero-order chi connectivity index (χ0) is 18.9. The summed E-state index contributed by atoms with van der Waals surface area (Å²) < 4.78 is 1.80. The highest BCUT2D eigenvalue weighted by molar-refractivity contribution is 6.30. The van der Waals surface area contributed by atoms with Gasteiger partial charge in [0.15, 0.2) is 0 Å². The molecule has 7 heteroatoms. The van der Waals surface area contributed by atoms with Gasteiger partial charge in [-0.1, -0.05) is 11.6 Å². The van der Waals surface area contributed by atoms with Crippen LogP contribution < -0.4 is 5.32 Å². The minimum Gasteiger partial charge on any atom is -0.481 e. The predicted octanol–water partition coefficient (Wildman–Crippen LogP) is 3.20. The van der Waals surface area contributed by atoms with Crippen molar-refractivity contribution in [2.24, 2.45) is 0 Å². The van der Waals surface area contributed by atoms with Gasteiger partial charge in [-0.15, -0.1) is 0 Å². The van der Waals surface area contributed by atoms with Crippen LogP contribution in [0.15, 0.2) is 24.3 Å². The van der Waals surface area contributed by atoms with Crippen LogP contribution in [0.1, 0.15) is 42.6 Å². The van der Waals surface area contributed by atoms with Crippen molar-refractivity contribution >= 4 is 23.5 Å². The number of aromatic nitrogens is 2.